The van der Waals surface area contributed by atoms with Crippen LogP contribution in [0, 0.1) is 107 Å². The van der Waals surface area contributed by atoms with Gasteiger partial charge in [0.05, 0.1) is 55.4 Å². The third kappa shape index (κ3) is 17.9. The van der Waals surface area contributed by atoms with Crippen LogP contribution in [-0.4, -0.2) is 0 Å². The van der Waals surface area contributed by atoms with Crippen LogP contribution in [0.3, 0.4) is 0 Å². The number of rotatable bonds is 13. The number of fused-ring (bicyclic) bond motifs is 12. The van der Waals surface area contributed by atoms with Gasteiger partial charge in [-0.05, 0) is 238 Å². The third-order valence-electron chi connectivity index (χ3n) is 28.1. The van der Waals surface area contributed by atoms with E-state index in [0.29, 0.717) is 137 Å². The minimum atomic E-state index is -2.75. The van der Waals surface area contributed by atoms with E-state index in [1.807, 2.05) is 127 Å². The van der Waals surface area contributed by atoms with Crippen molar-refractivity contribution in [1.29, 1.82) is 0 Å². The molecule has 0 amide bonds. The Balaban J connectivity index is 0.000000138. The topological polar surface area (TPSA) is 85.5 Å². The summed E-state index contributed by atoms with van der Waals surface area (Å²) in [6.07, 6.45) is 15.0. The second-order valence-corrected chi connectivity index (χ2v) is 37.9. The molecule has 0 spiro atoms. The maximum absolute atomic E-state index is 9.21. The van der Waals surface area contributed by atoms with Crippen LogP contribution in [0.5, 0.6) is 0 Å². The lowest BCUT2D eigenvalue weighted by molar-refractivity contribution is -0.667. The lowest BCUT2D eigenvalue weighted by atomic mass is 9.83. The Hall–Kier alpha value is -12.5. The van der Waals surface area contributed by atoms with Crippen molar-refractivity contribution in [1.82, 2.24) is 0 Å². The Kier molecular flexibility index (Phi) is 20.4. The molecule has 20 rings (SSSR count). The van der Waals surface area contributed by atoms with Crippen molar-refractivity contribution < 1.29 is 63.4 Å². The zero-order chi connectivity index (χ0) is 111. The van der Waals surface area contributed by atoms with E-state index < -0.39 is 61.8 Å². The average molecular weight is 1780 g/mol. The molecule has 8 heterocycles. The predicted molar refractivity (Wildman–Crippen MR) is 548 cm³/mol. The molecule has 0 aliphatic heterocycles. The summed E-state index contributed by atoms with van der Waals surface area (Å²) in [6.45, 7) is 51.6. The molecule has 0 bridgehead atoms. The van der Waals surface area contributed by atoms with Gasteiger partial charge in [0.1, 0.15) is 72.9 Å². The Bertz CT molecular complexity index is 8520. The first kappa shape index (κ1) is 70.3. The molecule has 8 aromatic heterocycles. The van der Waals surface area contributed by atoms with Gasteiger partial charge in [0.2, 0.25) is 22.8 Å². The van der Waals surface area contributed by atoms with Gasteiger partial charge >= 0.3 is 0 Å². The van der Waals surface area contributed by atoms with Crippen molar-refractivity contribution in [3.63, 3.8) is 0 Å². The van der Waals surface area contributed by atoms with Gasteiger partial charge in [-0.15, -0.1) is 0 Å². The Morgan fingerprint density at radius 2 is 0.677 bits per heavy atom. The quantitative estimate of drug-likeness (QED) is 0.0850. The minimum Gasteiger partial charge on any atom is -0.456 e. The van der Waals surface area contributed by atoms with E-state index in [1.54, 1.807) is 94.6 Å². The summed E-state index contributed by atoms with van der Waals surface area (Å²) in [5, 5.41) is 6.85. The summed E-state index contributed by atoms with van der Waals surface area (Å²) in [5.41, 5.74) is 22.3. The molecular formula is C121H134N8O4+4. The van der Waals surface area contributed by atoms with Gasteiger partial charge in [0.25, 0.3) is 0 Å². The van der Waals surface area contributed by atoms with Gasteiger partial charge in [-0.25, -0.2) is 19.4 Å². The second-order valence-electron chi connectivity index (χ2n) is 37.9. The van der Waals surface area contributed by atoms with Crippen LogP contribution >= 0.6 is 0 Å². The number of furan rings is 4. The van der Waals surface area contributed by atoms with E-state index in [9.17, 15) is 6.85 Å². The largest absolute Gasteiger partial charge is 0.456 e. The number of hydrogen-bond acceptors (Lipinski definition) is 4. The highest BCUT2D eigenvalue weighted by atomic mass is 16.3. The van der Waals surface area contributed by atoms with Gasteiger partial charge in [-0.3, -0.25) is 0 Å². The highest BCUT2D eigenvalue weighted by Gasteiger charge is 2.33. The Morgan fingerprint density at radius 3 is 1.01 bits per heavy atom. The minimum absolute atomic E-state index is 0.0160. The maximum atomic E-state index is 9.21. The van der Waals surface area contributed by atoms with Gasteiger partial charge in [-0.1, -0.05) is 191 Å². The SMILES string of the molecule is [2H]C1(c2cc3c(cc2[N+]#[C-])oc2c(-c4cc(C([2H])([2H])C(C)C)cc(C)[n+]4C)c(C)ccc23)CCCCC1.[2H]c1c(C([2H])(C)C([2H])([2H])[2H])c([2H])c(-c2c(C)ccc3c2oc2cc([N+]#[C-])c(C4([2H])CCCCC4)cc23)[n+](C)c1C.[2H]c1c(C([2H])([2H])C(C)C)c([2H])c(-c2c(C)ccc3c2oc2cc([N+]#[C-])c(C4([2H])CCCCC4)cc23)[n+](C)c1C.[2H]c1c(C)c(C([2H])([2H])[2H])c(C)[n+](C)c1-c1c(C)ccc2c1oc1cc([N+]#[C-])c(C3([2H])CCCCC3)cc12. The molecule has 12 nitrogen and oxygen atoms in total. The normalized spacial score (nSPS) is 18.9. The molecule has 133 heavy (non-hydrogen) atoms. The molecule has 678 valence electrons. The van der Waals surface area contributed by atoms with Crippen LogP contribution in [0.1, 0.15) is 322 Å². The van der Waals surface area contributed by atoms with Gasteiger partial charge in [0, 0.05) is 139 Å². The fourth-order valence-electron chi connectivity index (χ4n) is 20.5. The predicted octanol–water partition coefficient (Wildman–Crippen LogP) is 33.3. The molecule has 4 saturated carbocycles. The van der Waals surface area contributed by atoms with Crippen molar-refractivity contribution >= 4 is 111 Å². The van der Waals surface area contributed by atoms with Gasteiger partial charge < -0.3 is 17.7 Å². The van der Waals surface area contributed by atoms with E-state index >= 15 is 0 Å². The molecular weight excluding hydrogens is 1630 g/mol. The molecule has 4 aliphatic carbocycles. The fraction of sp³-hybridized carbons (Fsp3) is 0.405. The molecule has 4 fully saturated rings. The molecule has 0 radical (unpaired) electrons. The lowest BCUT2D eigenvalue weighted by Crippen LogP contribution is -2.36. The smallest absolute Gasteiger partial charge is 0.216 e. The first-order valence-corrected chi connectivity index (χ1v) is 47.4. The molecule has 1 atom stereocenters. The highest BCUT2D eigenvalue weighted by Crippen LogP contribution is 2.51. The molecule has 1 unspecified atom stereocenters. The van der Waals surface area contributed by atoms with Crippen molar-refractivity contribution in [2.24, 2.45) is 40.0 Å². The fourth-order valence-corrected chi connectivity index (χ4v) is 20.5. The van der Waals surface area contributed by atoms with E-state index in [0.717, 1.165) is 226 Å². The summed E-state index contributed by atoms with van der Waals surface area (Å²) in [7, 11) is 7.32. The first-order chi connectivity index (χ1) is 71.8. The third-order valence-corrected chi connectivity index (χ3v) is 28.1. The molecule has 8 aromatic carbocycles. The summed E-state index contributed by atoms with van der Waals surface area (Å²) in [4.78, 5) is 15.1. The standard InChI is InChI=1S/2C31H35N2O.C30H33N2O.C29H31N2O/c2*1-19(2)14-22-15-21(4)33(6)28(16-22)30-20(3)12-13-24-26-17-25(23-10-8-7-9-11-23)27(32-5)18-29(26)34-31(24)30;1-18(2)22-14-20(4)32(6)27(15-22)29-19(3)12-13-23-25-16-24(21-10-8-7-9-11-21)26(31-5)17-28(25)33-30(23)29;1-17-12-13-22-24-15-23(21-10-8-7-9-11-21)25(30-5)16-27(24)32-29(22)28(17)26-14-18(2)19(3)20(4)31(26)6/h2*12-13,15-19,23H,7-11,14H2,1-4,6H3;12-18,21H,7-11H2,1-4,6H3;12-16,21H,7-11H2,1-4,6H3/q4*+1/i14D2,15D,16D,23D;14D2,23D;1D3,14D,15D,18D,21D;3D3,14D,21D. The summed E-state index contributed by atoms with van der Waals surface area (Å²) in [5.74, 6) is -5.88. The van der Waals surface area contributed by atoms with Gasteiger partial charge in [0.15, 0.2) is 45.5 Å². The lowest BCUT2D eigenvalue weighted by Gasteiger charge is -2.23. The Labute approximate surface area is 816 Å². The Morgan fingerprint density at radius 1 is 0.361 bits per heavy atom. The van der Waals surface area contributed by atoms with Crippen LogP contribution in [0.25, 0.3) is 152 Å². The maximum Gasteiger partial charge on any atom is 0.216 e. The highest BCUT2D eigenvalue weighted by molar-refractivity contribution is 6.14. The van der Waals surface area contributed by atoms with Crippen molar-refractivity contribution in [3.8, 4) is 45.0 Å². The van der Waals surface area contributed by atoms with Crippen LogP contribution in [0.2, 0.25) is 0 Å². The zero-order valence-electron chi connectivity index (χ0n) is 100. The van der Waals surface area contributed by atoms with Crippen molar-refractivity contribution in [2.75, 3.05) is 0 Å². The molecule has 0 saturated heterocycles. The molecule has 12 heteroatoms. The van der Waals surface area contributed by atoms with Crippen LogP contribution in [-0.2, 0) is 40.9 Å². The molecule has 4 aliphatic rings. The average Bonchev–Trinajstić information content (AvgIpc) is 1.65. The second kappa shape index (κ2) is 38.6. The monoisotopic (exact) mass is 1780 g/mol. The van der Waals surface area contributed by atoms with E-state index in [4.69, 9.17) is 64.5 Å². The van der Waals surface area contributed by atoms with Crippen molar-refractivity contribution in [2.45, 2.75) is 281 Å². The van der Waals surface area contributed by atoms with E-state index in [-0.39, 0.29) is 52.8 Å². The van der Waals surface area contributed by atoms with E-state index in [2.05, 4.69) is 43.0 Å². The van der Waals surface area contributed by atoms with Crippen LogP contribution in [0.15, 0.2) is 157 Å². The summed E-state index contributed by atoms with van der Waals surface area (Å²) < 4.78 is 206. The molecule has 16 aromatic rings. The summed E-state index contributed by atoms with van der Waals surface area (Å²) >= 11 is 0. The number of hydrogen-bond donors (Lipinski definition) is 0. The van der Waals surface area contributed by atoms with Crippen LogP contribution in [0.4, 0.5) is 22.7 Å². The first-order valence-electron chi connectivity index (χ1n) is 57.4. The number of nitrogens with zero attached hydrogens (tertiary/aromatic N) is 8. The number of aryl methyl sites for hydroxylation is 5. The number of pyridine rings is 4. The number of benzene rings is 8. The van der Waals surface area contributed by atoms with Crippen LogP contribution < -0.4 is 18.3 Å². The molecule has 0 N–H and O–H groups in total. The summed E-state index contributed by atoms with van der Waals surface area (Å²) in [6, 6.07) is 34.7. The van der Waals surface area contributed by atoms with Crippen molar-refractivity contribution in [3.05, 3.63) is 280 Å². The number of aromatic nitrogens is 4. The zero-order valence-corrected chi connectivity index (χ0v) is 80.4. The van der Waals surface area contributed by atoms with Gasteiger partial charge in [-0.2, -0.15) is 18.3 Å². The van der Waals surface area contributed by atoms with E-state index in [1.165, 1.54) is 6.92 Å².